The van der Waals surface area contributed by atoms with Crippen LogP contribution in [0.4, 0.5) is 0 Å². The molecule has 0 unspecified atom stereocenters. The van der Waals surface area contributed by atoms with Crippen LogP contribution < -0.4 is 5.32 Å². The molecule has 4 nitrogen and oxygen atoms in total. The minimum atomic E-state index is 0.825. The van der Waals surface area contributed by atoms with E-state index < -0.39 is 0 Å². The van der Waals surface area contributed by atoms with Gasteiger partial charge in [0.1, 0.15) is 5.01 Å². The number of thiazole rings is 1. The van der Waals surface area contributed by atoms with E-state index in [4.69, 9.17) is 0 Å². The Bertz CT molecular complexity index is 419. The highest BCUT2D eigenvalue weighted by atomic mass is 32.1. The Kier molecular flexibility index (Phi) is 3.13. The van der Waals surface area contributed by atoms with Gasteiger partial charge in [0.25, 0.3) is 0 Å². The van der Waals surface area contributed by atoms with E-state index in [0.717, 1.165) is 23.8 Å². The highest BCUT2D eigenvalue weighted by molar-refractivity contribution is 7.09. The quantitative estimate of drug-likeness (QED) is 0.852. The molecule has 2 aromatic rings. The number of nitrogens with one attached hydrogen (secondary N) is 1. The standard InChI is InChI=1S/C10H14N4S/c1-8-9(7-14(2)13-8)5-11-6-10-12-3-4-15-10/h3-4,7,11H,5-6H2,1-2H3. The zero-order valence-corrected chi connectivity index (χ0v) is 9.71. The van der Waals surface area contributed by atoms with Crippen molar-refractivity contribution < 1.29 is 0 Å². The first-order chi connectivity index (χ1) is 7.25. The highest BCUT2D eigenvalue weighted by Gasteiger charge is 2.02. The first-order valence-electron chi connectivity index (χ1n) is 4.84. The molecule has 15 heavy (non-hydrogen) atoms. The van der Waals surface area contributed by atoms with E-state index in [1.807, 2.05) is 36.4 Å². The van der Waals surface area contributed by atoms with E-state index in [0.29, 0.717) is 0 Å². The van der Waals surface area contributed by atoms with E-state index in [9.17, 15) is 0 Å². The Morgan fingerprint density at radius 2 is 2.33 bits per heavy atom. The smallest absolute Gasteiger partial charge is 0.106 e. The second-order valence-electron chi connectivity index (χ2n) is 3.44. The van der Waals surface area contributed by atoms with E-state index in [1.165, 1.54) is 5.56 Å². The van der Waals surface area contributed by atoms with Crippen molar-refractivity contribution in [3.63, 3.8) is 0 Å². The molecule has 0 spiro atoms. The summed E-state index contributed by atoms with van der Waals surface area (Å²) in [6.45, 7) is 3.70. The maximum atomic E-state index is 4.29. The summed E-state index contributed by atoms with van der Waals surface area (Å²) in [5.74, 6) is 0. The normalized spacial score (nSPS) is 10.8. The van der Waals surface area contributed by atoms with Gasteiger partial charge in [-0.2, -0.15) is 5.10 Å². The lowest BCUT2D eigenvalue weighted by Gasteiger charge is -2.00. The van der Waals surface area contributed by atoms with E-state index in [1.54, 1.807) is 11.3 Å². The average Bonchev–Trinajstić information content (AvgIpc) is 2.77. The number of nitrogens with zero attached hydrogens (tertiary/aromatic N) is 3. The third-order valence-electron chi connectivity index (χ3n) is 2.19. The van der Waals surface area contributed by atoms with Crippen LogP contribution in [0.3, 0.4) is 0 Å². The lowest BCUT2D eigenvalue weighted by Crippen LogP contribution is -2.12. The molecule has 0 aromatic carbocycles. The van der Waals surface area contributed by atoms with Gasteiger partial charge in [0, 0.05) is 43.5 Å². The van der Waals surface area contributed by atoms with Gasteiger partial charge in [-0.15, -0.1) is 11.3 Å². The third-order valence-corrected chi connectivity index (χ3v) is 2.97. The van der Waals surface area contributed by atoms with Crippen molar-refractivity contribution in [3.8, 4) is 0 Å². The molecule has 0 radical (unpaired) electrons. The van der Waals surface area contributed by atoms with E-state index in [-0.39, 0.29) is 0 Å². The fourth-order valence-corrected chi connectivity index (χ4v) is 2.05. The summed E-state index contributed by atoms with van der Waals surface area (Å²) in [5, 5.41) is 10.8. The number of aromatic nitrogens is 3. The Morgan fingerprint density at radius 3 is 2.93 bits per heavy atom. The van der Waals surface area contributed by atoms with Crippen LogP contribution in [0.5, 0.6) is 0 Å². The third kappa shape index (κ3) is 2.64. The molecule has 2 rings (SSSR count). The van der Waals surface area contributed by atoms with Crippen LogP contribution in [0.25, 0.3) is 0 Å². The van der Waals surface area contributed by atoms with Crippen LogP contribution in [-0.2, 0) is 20.1 Å². The Morgan fingerprint density at radius 1 is 1.47 bits per heavy atom. The molecule has 2 aromatic heterocycles. The van der Waals surface area contributed by atoms with Gasteiger partial charge in [-0.3, -0.25) is 4.68 Å². The topological polar surface area (TPSA) is 42.7 Å². The first-order valence-corrected chi connectivity index (χ1v) is 5.72. The van der Waals surface area contributed by atoms with E-state index in [2.05, 4.69) is 15.4 Å². The van der Waals surface area contributed by atoms with Gasteiger partial charge in [-0.1, -0.05) is 0 Å². The molecule has 0 saturated heterocycles. The number of hydrogen-bond acceptors (Lipinski definition) is 4. The predicted molar refractivity (Wildman–Crippen MR) is 60.6 cm³/mol. The second-order valence-corrected chi connectivity index (χ2v) is 4.42. The van der Waals surface area contributed by atoms with Crippen molar-refractivity contribution >= 4 is 11.3 Å². The molecule has 0 fully saturated rings. The van der Waals surface area contributed by atoms with Crippen molar-refractivity contribution in [1.29, 1.82) is 0 Å². The molecule has 0 atom stereocenters. The molecule has 5 heteroatoms. The molecule has 2 heterocycles. The monoisotopic (exact) mass is 222 g/mol. The highest BCUT2D eigenvalue weighted by Crippen LogP contribution is 2.06. The number of rotatable bonds is 4. The van der Waals surface area contributed by atoms with Crippen molar-refractivity contribution in [1.82, 2.24) is 20.1 Å². The summed E-state index contributed by atoms with van der Waals surface area (Å²) in [6.07, 6.45) is 3.88. The maximum Gasteiger partial charge on any atom is 0.106 e. The predicted octanol–water partition coefficient (Wildman–Crippen LogP) is 1.47. The summed E-state index contributed by atoms with van der Waals surface area (Å²) in [6, 6.07) is 0. The molecule has 0 aliphatic carbocycles. The molecule has 0 aliphatic rings. The fraction of sp³-hybridized carbons (Fsp3) is 0.400. The van der Waals surface area contributed by atoms with Gasteiger partial charge < -0.3 is 5.32 Å². The van der Waals surface area contributed by atoms with Gasteiger partial charge in [0.15, 0.2) is 0 Å². The van der Waals surface area contributed by atoms with Crippen LogP contribution in [0.1, 0.15) is 16.3 Å². The summed E-state index contributed by atoms with van der Waals surface area (Å²) in [5.41, 5.74) is 2.33. The van der Waals surface area contributed by atoms with Gasteiger partial charge in [0.2, 0.25) is 0 Å². The number of hydrogen-bond donors (Lipinski definition) is 1. The SMILES string of the molecule is Cc1nn(C)cc1CNCc1nccs1. The summed E-state index contributed by atoms with van der Waals surface area (Å²) in [4.78, 5) is 4.21. The summed E-state index contributed by atoms with van der Waals surface area (Å²) >= 11 is 1.67. The summed E-state index contributed by atoms with van der Waals surface area (Å²) < 4.78 is 1.84. The lowest BCUT2D eigenvalue weighted by molar-refractivity contribution is 0.687. The molecule has 0 aliphatic heterocycles. The van der Waals surface area contributed by atoms with Gasteiger partial charge in [-0.05, 0) is 6.92 Å². The van der Waals surface area contributed by atoms with Crippen molar-refractivity contribution in [2.45, 2.75) is 20.0 Å². The zero-order valence-electron chi connectivity index (χ0n) is 8.90. The Labute approximate surface area is 93.0 Å². The molecular weight excluding hydrogens is 208 g/mol. The molecular formula is C10H14N4S. The maximum absolute atomic E-state index is 4.29. The molecule has 0 saturated carbocycles. The van der Waals surface area contributed by atoms with Gasteiger partial charge in [-0.25, -0.2) is 4.98 Å². The Hall–Kier alpha value is -1.20. The Balaban J connectivity index is 1.86. The average molecular weight is 222 g/mol. The summed E-state index contributed by atoms with van der Waals surface area (Å²) in [7, 11) is 1.94. The van der Waals surface area contributed by atoms with Gasteiger partial charge in [0.05, 0.1) is 5.69 Å². The van der Waals surface area contributed by atoms with Crippen LogP contribution in [0.2, 0.25) is 0 Å². The molecule has 0 amide bonds. The minimum absolute atomic E-state index is 0.825. The lowest BCUT2D eigenvalue weighted by atomic mass is 10.2. The van der Waals surface area contributed by atoms with Crippen molar-refractivity contribution in [2.75, 3.05) is 0 Å². The first kappa shape index (κ1) is 10.3. The molecule has 80 valence electrons. The second kappa shape index (κ2) is 4.55. The molecule has 0 bridgehead atoms. The van der Waals surface area contributed by atoms with Crippen LogP contribution in [0.15, 0.2) is 17.8 Å². The largest absolute Gasteiger partial charge is 0.306 e. The van der Waals surface area contributed by atoms with Crippen molar-refractivity contribution in [3.05, 3.63) is 34.0 Å². The van der Waals surface area contributed by atoms with Crippen LogP contribution in [0, 0.1) is 6.92 Å². The minimum Gasteiger partial charge on any atom is -0.306 e. The fourth-order valence-electron chi connectivity index (χ4n) is 1.47. The van der Waals surface area contributed by atoms with E-state index >= 15 is 0 Å². The van der Waals surface area contributed by atoms with Crippen LogP contribution >= 0.6 is 11.3 Å². The molecule has 1 N–H and O–H groups in total. The zero-order chi connectivity index (χ0) is 10.7. The van der Waals surface area contributed by atoms with Gasteiger partial charge >= 0.3 is 0 Å². The van der Waals surface area contributed by atoms with Crippen LogP contribution in [-0.4, -0.2) is 14.8 Å². The number of aryl methyl sites for hydroxylation is 2. The van der Waals surface area contributed by atoms with Crippen molar-refractivity contribution in [2.24, 2.45) is 7.05 Å².